The molecular formula is C16H27BrN2O2. The van der Waals surface area contributed by atoms with Crippen LogP contribution in [0.4, 0.5) is 0 Å². The van der Waals surface area contributed by atoms with Crippen molar-refractivity contribution in [3.63, 3.8) is 0 Å². The minimum absolute atomic E-state index is 0.118. The molecule has 0 aliphatic rings. The number of nitrogens with zero attached hydrogens (tertiary/aromatic N) is 1. The van der Waals surface area contributed by atoms with Gasteiger partial charge in [0, 0.05) is 18.6 Å². The van der Waals surface area contributed by atoms with Crippen LogP contribution >= 0.6 is 15.9 Å². The Morgan fingerprint density at radius 1 is 1.29 bits per heavy atom. The van der Waals surface area contributed by atoms with Crippen molar-refractivity contribution in [3.8, 4) is 11.5 Å². The first kappa shape index (κ1) is 18.3. The monoisotopic (exact) mass is 358 g/mol. The first-order valence-corrected chi connectivity index (χ1v) is 7.98. The molecular weight excluding hydrogens is 332 g/mol. The third-order valence-corrected chi connectivity index (χ3v) is 4.26. The Morgan fingerprint density at radius 2 is 1.95 bits per heavy atom. The van der Waals surface area contributed by atoms with Crippen LogP contribution < -0.4 is 14.8 Å². The summed E-state index contributed by atoms with van der Waals surface area (Å²) >= 11 is 3.54. The van der Waals surface area contributed by atoms with Crippen LogP contribution in [0.15, 0.2) is 16.6 Å². The molecule has 0 saturated carbocycles. The van der Waals surface area contributed by atoms with Crippen LogP contribution in [0.3, 0.4) is 0 Å². The average molecular weight is 359 g/mol. The zero-order valence-electron chi connectivity index (χ0n) is 13.9. The summed E-state index contributed by atoms with van der Waals surface area (Å²) in [5.74, 6) is 1.52. The second kappa shape index (κ2) is 8.01. The maximum Gasteiger partial charge on any atom is 0.174 e. The molecule has 1 aromatic rings. The predicted octanol–water partition coefficient (Wildman–Crippen LogP) is 3.29. The van der Waals surface area contributed by atoms with Gasteiger partial charge in [-0.1, -0.05) is 0 Å². The highest BCUT2D eigenvalue weighted by molar-refractivity contribution is 9.10. The zero-order chi connectivity index (χ0) is 16.0. The first-order chi connectivity index (χ1) is 9.81. The van der Waals surface area contributed by atoms with Crippen molar-refractivity contribution in [2.45, 2.75) is 32.9 Å². The molecule has 0 aliphatic carbocycles. The van der Waals surface area contributed by atoms with E-state index in [1.54, 1.807) is 7.11 Å². The van der Waals surface area contributed by atoms with Crippen LogP contribution in [-0.2, 0) is 6.54 Å². The lowest BCUT2D eigenvalue weighted by molar-refractivity contribution is 0.189. The van der Waals surface area contributed by atoms with Crippen LogP contribution in [0, 0.1) is 0 Å². The summed E-state index contributed by atoms with van der Waals surface area (Å²) in [7, 11) is 5.85. The van der Waals surface area contributed by atoms with Crippen LogP contribution in [-0.4, -0.2) is 44.8 Å². The molecule has 0 aromatic heterocycles. The Bertz CT molecular complexity index is 462. The van der Waals surface area contributed by atoms with Gasteiger partial charge in [0.05, 0.1) is 18.2 Å². The molecule has 5 heteroatoms. The minimum Gasteiger partial charge on any atom is -0.492 e. The Balaban J connectivity index is 2.76. The summed E-state index contributed by atoms with van der Waals surface area (Å²) in [5.41, 5.74) is 1.28. The van der Waals surface area contributed by atoms with E-state index in [1.165, 1.54) is 5.56 Å². The second-order valence-electron chi connectivity index (χ2n) is 5.85. The van der Waals surface area contributed by atoms with Gasteiger partial charge >= 0.3 is 0 Å². The van der Waals surface area contributed by atoms with Crippen molar-refractivity contribution in [3.05, 3.63) is 22.2 Å². The Kier molecular flexibility index (Phi) is 6.97. The maximum atomic E-state index is 5.64. The molecule has 0 aliphatic heterocycles. The Morgan fingerprint density at radius 3 is 2.48 bits per heavy atom. The topological polar surface area (TPSA) is 33.7 Å². The Labute approximate surface area is 136 Å². The molecule has 0 saturated heterocycles. The van der Waals surface area contributed by atoms with E-state index in [9.17, 15) is 0 Å². The van der Waals surface area contributed by atoms with Gasteiger partial charge in [0.1, 0.15) is 0 Å². The number of hydrogen-bond acceptors (Lipinski definition) is 4. The Hall–Kier alpha value is -0.780. The van der Waals surface area contributed by atoms with E-state index < -0.39 is 0 Å². The van der Waals surface area contributed by atoms with E-state index in [0.29, 0.717) is 6.61 Å². The van der Waals surface area contributed by atoms with E-state index >= 15 is 0 Å². The second-order valence-corrected chi connectivity index (χ2v) is 6.71. The molecule has 0 bridgehead atoms. The SMILES string of the molecule is CCOc1cc(CNCC(C)(C)N(C)C)cc(Br)c1OC. The molecule has 0 unspecified atom stereocenters. The van der Waals surface area contributed by atoms with E-state index in [1.807, 2.05) is 13.0 Å². The molecule has 120 valence electrons. The van der Waals surface area contributed by atoms with Gasteiger partial charge in [-0.3, -0.25) is 0 Å². The highest BCUT2D eigenvalue weighted by Crippen LogP contribution is 2.36. The van der Waals surface area contributed by atoms with Gasteiger partial charge in [0.15, 0.2) is 11.5 Å². The summed E-state index contributed by atoms with van der Waals surface area (Å²) in [5, 5.41) is 3.50. The maximum absolute atomic E-state index is 5.64. The van der Waals surface area contributed by atoms with Crippen molar-refractivity contribution < 1.29 is 9.47 Å². The number of rotatable bonds is 8. The lowest BCUT2D eigenvalue weighted by atomic mass is 10.0. The van der Waals surface area contributed by atoms with Crippen LogP contribution in [0.2, 0.25) is 0 Å². The molecule has 0 fully saturated rings. The van der Waals surface area contributed by atoms with Gasteiger partial charge in [-0.25, -0.2) is 0 Å². The smallest absolute Gasteiger partial charge is 0.174 e. The lowest BCUT2D eigenvalue weighted by Gasteiger charge is -2.32. The predicted molar refractivity (Wildman–Crippen MR) is 91.3 cm³/mol. The number of halogens is 1. The van der Waals surface area contributed by atoms with Crippen LogP contribution in [0.25, 0.3) is 0 Å². The molecule has 1 aromatic carbocycles. The first-order valence-electron chi connectivity index (χ1n) is 7.19. The van der Waals surface area contributed by atoms with E-state index in [-0.39, 0.29) is 5.54 Å². The van der Waals surface area contributed by atoms with Crippen molar-refractivity contribution in [2.24, 2.45) is 0 Å². The van der Waals surface area contributed by atoms with Gasteiger partial charge in [0.25, 0.3) is 0 Å². The summed E-state index contributed by atoms with van der Waals surface area (Å²) in [6, 6.07) is 4.10. The highest BCUT2D eigenvalue weighted by atomic mass is 79.9. The molecule has 0 atom stereocenters. The summed E-state index contributed by atoms with van der Waals surface area (Å²) in [4.78, 5) is 2.22. The third-order valence-electron chi connectivity index (χ3n) is 3.67. The zero-order valence-corrected chi connectivity index (χ0v) is 15.5. The molecule has 0 amide bonds. The summed E-state index contributed by atoms with van der Waals surface area (Å²) in [6.45, 7) is 8.73. The van der Waals surface area contributed by atoms with E-state index in [0.717, 1.165) is 29.1 Å². The fourth-order valence-electron chi connectivity index (χ4n) is 1.86. The average Bonchev–Trinajstić information content (AvgIpc) is 2.38. The number of benzene rings is 1. The fourth-order valence-corrected chi connectivity index (χ4v) is 2.51. The number of nitrogens with one attached hydrogen (secondary N) is 1. The minimum atomic E-state index is 0.118. The largest absolute Gasteiger partial charge is 0.492 e. The molecule has 21 heavy (non-hydrogen) atoms. The van der Waals surface area contributed by atoms with Crippen molar-refractivity contribution >= 4 is 15.9 Å². The fraction of sp³-hybridized carbons (Fsp3) is 0.625. The normalized spacial score (nSPS) is 11.8. The van der Waals surface area contributed by atoms with Crippen LogP contribution in [0.5, 0.6) is 11.5 Å². The third kappa shape index (κ3) is 5.16. The van der Waals surface area contributed by atoms with Crippen molar-refractivity contribution in [1.82, 2.24) is 10.2 Å². The van der Waals surface area contributed by atoms with Gasteiger partial charge < -0.3 is 19.7 Å². The summed E-state index contributed by atoms with van der Waals surface area (Å²) in [6.07, 6.45) is 0. The van der Waals surface area contributed by atoms with Gasteiger partial charge in [-0.15, -0.1) is 0 Å². The molecule has 1 N–H and O–H groups in total. The van der Waals surface area contributed by atoms with Crippen molar-refractivity contribution in [1.29, 1.82) is 0 Å². The highest BCUT2D eigenvalue weighted by Gasteiger charge is 2.19. The molecule has 0 spiro atoms. The molecule has 0 radical (unpaired) electrons. The molecule has 4 nitrogen and oxygen atoms in total. The van der Waals surface area contributed by atoms with Crippen molar-refractivity contribution in [2.75, 3.05) is 34.4 Å². The number of ether oxygens (including phenoxy) is 2. The lowest BCUT2D eigenvalue weighted by Crippen LogP contribution is -2.46. The van der Waals surface area contributed by atoms with Gasteiger partial charge in [-0.05, 0) is 68.5 Å². The number of methoxy groups -OCH3 is 1. The van der Waals surface area contributed by atoms with E-state index in [4.69, 9.17) is 9.47 Å². The van der Waals surface area contributed by atoms with E-state index in [2.05, 4.69) is 60.2 Å². The molecule has 1 rings (SSSR count). The van der Waals surface area contributed by atoms with Gasteiger partial charge in [-0.2, -0.15) is 0 Å². The van der Waals surface area contributed by atoms with Crippen LogP contribution in [0.1, 0.15) is 26.3 Å². The number of hydrogen-bond donors (Lipinski definition) is 1. The van der Waals surface area contributed by atoms with Gasteiger partial charge in [0.2, 0.25) is 0 Å². The standard InChI is InChI=1S/C16H27BrN2O2/c1-7-21-14-9-12(8-13(17)15(14)20-6)10-18-11-16(2,3)19(4)5/h8-9,18H,7,10-11H2,1-6H3. The quantitative estimate of drug-likeness (QED) is 0.772. The number of likely N-dealkylation sites (N-methyl/N-ethyl adjacent to an activating group) is 1. The summed E-state index contributed by atoms with van der Waals surface area (Å²) < 4.78 is 11.9. The molecule has 0 heterocycles.